The topological polar surface area (TPSA) is 84.1 Å². The average molecular weight is 399 g/mol. The lowest BCUT2D eigenvalue weighted by molar-refractivity contribution is -0.119. The lowest BCUT2D eigenvalue weighted by atomic mass is 10.1. The zero-order valence-electron chi connectivity index (χ0n) is 16.7. The first-order chi connectivity index (χ1) is 14.5. The van der Waals surface area contributed by atoms with Gasteiger partial charge in [-0.25, -0.2) is 9.78 Å². The molecule has 1 amide bonds. The third kappa shape index (κ3) is 4.07. The van der Waals surface area contributed by atoms with Crippen LogP contribution in [0.5, 0.6) is 0 Å². The quantitative estimate of drug-likeness (QED) is 0.479. The maximum Gasteiger partial charge on any atom is 0.339 e. The van der Waals surface area contributed by atoms with Crippen LogP contribution in [0, 0.1) is 13.8 Å². The van der Waals surface area contributed by atoms with E-state index < -0.39 is 11.9 Å². The molecule has 1 heterocycles. The van der Waals surface area contributed by atoms with Crippen LogP contribution in [0.1, 0.15) is 21.5 Å². The number of esters is 1. The van der Waals surface area contributed by atoms with Crippen LogP contribution >= 0.6 is 0 Å². The van der Waals surface area contributed by atoms with Crippen molar-refractivity contribution >= 4 is 28.6 Å². The number of aryl methyl sites for hydroxylation is 2. The summed E-state index contributed by atoms with van der Waals surface area (Å²) in [4.78, 5) is 32.7. The number of carbonyl (C=O) groups excluding carboxylic acids is 2. The van der Waals surface area contributed by atoms with Gasteiger partial charge >= 0.3 is 5.97 Å². The van der Waals surface area contributed by atoms with Gasteiger partial charge in [0.05, 0.1) is 16.6 Å². The van der Waals surface area contributed by atoms with Crippen molar-refractivity contribution in [3.8, 4) is 11.4 Å². The number of carbonyl (C=O) groups is 2. The van der Waals surface area contributed by atoms with Crippen molar-refractivity contribution < 1.29 is 14.3 Å². The second-order valence-corrected chi connectivity index (χ2v) is 7.09. The lowest BCUT2D eigenvalue weighted by Gasteiger charge is -2.11. The predicted octanol–water partition coefficient (Wildman–Crippen LogP) is 4.64. The molecule has 30 heavy (non-hydrogen) atoms. The van der Waals surface area contributed by atoms with Crippen LogP contribution in [0.25, 0.3) is 22.4 Å². The van der Waals surface area contributed by atoms with Crippen LogP contribution in [0.4, 0.5) is 5.69 Å². The van der Waals surface area contributed by atoms with Crippen molar-refractivity contribution in [1.29, 1.82) is 0 Å². The highest BCUT2D eigenvalue weighted by molar-refractivity contribution is 5.99. The fourth-order valence-corrected chi connectivity index (χ4v) is 3.21. The summed E-state index contributed by atoms with van der Waals surface area (Å²) in [6.07, 6.45) is 0. The molecule has 0 radical (unpaired) electrons. The number of aromatic amines is 1. The number of amides is 1. The Hall–Kier alpha value is -3.93. The number of nitrogens with one attached hydrogen (secondary N) is 2. The molecule has 1 aromatic heterocycles. The second-order valence-electron chi connectivity index (χ2n) is 7.09. The number of benzene rings is 3. The Labute approximate surface area is 173 Å². The molecule has 2 N–H and O–H groups in total. The molecular formula is C24H21N3O3. The van der Waals surface area contributed by atoms with Crippen molar-refractivity contribution in [2.75, 3.05) is 11.9 Å². The molecule has 0 aliphatic carbocycles. The van der Waals surface area contributed by atoms with Crippen LogP contribution in [0.15, 0.2) is 66.7 Å². The number of ether oxygens (including phenoxy) is 1. The Balaban J connectivity index is 1.49. The minimum Gasteiger partial charge on any atom is -0.452 e. The van der Waals surface area contributed by atoms with E-state index in [9.17, 15) is 9.59 Å². The fraction of sp³-hybridized carbons (Fsp3) is 0.125. The molecular weight excluding hydrogens is 378 g/mol. The minimum absolute atomic E-state index is 0.344. The summed E-state index contributed by atoms with van der Waals surface area (Å²) >= 11 is 0. The standard InChI is InChI=1S/C24H21N3O3/c1-15-11-12-16(2)21(13-15)25-22(28)14-30-24(29)18-8-4-3-7-17(18)23-26-19-9-5-6-10-20(19)27-23/h3-13H,14H2,1-2H3,(H,25,28)(H,26,27). The van der Waals surface area contributed by atoms with Gasteiger partial charge in [-0.05, 0) is 49.2 Å². The first-order valence-corrected chi connectivity index (χ1v) is 9.59. The number of imidazole rings is 1. The number of para-hydroxylation sites is 2. The van der Waals surface area contributed by atoms with Gasteiger partial charge in [0.2, 0.25) is 0 Å². The van der Waals surface area contributed by atoms with Crippen molar-refractivity contribution in [1.82, 2.24) is 9.97 Å². The molecule has 0 saturated heterocycles. The third-order valence-corrected chi connectivity index (χ3v) is 4.79. The zero-order chi connectivity index (χ0) is 21.1. The summed E-state index contributed by atoms with van der Waals surface area (Å²) in [5.74, 6) is -0.399. The number of fused-ring (bicyclic) bond motifs is 1. The zero-order valence-corrected chi connectivity index (χ0v) is 16.7. The molecule has 0 bridgehead atoms. The number of H-pyrrole nitrogens is 1. The van der Waals surface area contributed by atoms with Crippen LogP contribution in [-0.4, -0.2) is 28.5 Å². The predicted molar refractivity (Wildman–Crippen MR) is 116 cm³/mol. The van der Waals surface area contributed by atoms with E-state index in [0.717, 1.165) is 22.2 Å². The van der Waals surface area contributed by atoms with Gasteiger partial charge in [0.15, 0.2) is 6.61 Å². The molecule has 6 nitrogen and oxygen atoms in total. The summed E-state index contributed by atoms with van der Waals surface area (Å²) in [5.41, 5.74) is 5.33. The number of anilines is 1. The van der Waals surface area contributed by atoms with Gasteiger partial charge in [-0.3, -0.25) is 4.79 Å². The third-order valence-electron chi connectivity index (χ3n) is 4.79. The first kappa shape index (κ1) is 19.4. The molecule has 4 aromatic rings. The average Bonchev–Trinajstić information content (AvgIpc) is 3.19. The number of aromatic nitrogens is 2. The largest absolute Gasteiger partial charge is 0.452 e. The van der Waals surface area contributed by atoms with Crippen LogP contribution < -0.4 is 5.32 Å². The summed E-state index contributed by atoms with van der Waals surface area (Å²) in [5, 5.41) is 2.79. The molecule has 0 fully saturated rings. The highest BCUT2D eigenvalue weighted by Crippen LogP contribution is 2.24. The molecule has 0 aliphatic heterocycles. The Morgan fingerprint density at radius 3 is 2.60 bits per heavy atom. The van der Waals surface area contributed by atoms with Crippen LogP contribution in [0.2, 0.25) is 0 Å². The second kappa shape index (κ2) is 8.21. The van der Waals surface area contributed by atoms with E-state index in [1.807, 2.05) is 62.4 Å². The summed E-state index contributed by atoms with van der Waals surface area (Å²) in [7, 11) is 0. The van der Waals surface area contributed by atoms with E-state index >= 15 is 0 Å². The van der Waals surface area contributed by atoms with E-state index in [0.29, 0.717) is 22.6 Å². The molecule has 0 saturated carbocycles. The summed E-state index contributed by atoms with van der Waals surface area (Å²) in [6, 6.07) is 20.5. The Morgan fingerprint density at radius 2 is 1.77 bits per heavy atom. The normalized spacial score (nSPS) is 10.7. The first-order valence-electron chi connectivity index (χ1n) is 9.59. The van der Waals surface area contributed by atoms with Gasteiger partial charge in [0.25, 0.3) is 5.91 Å². The highest BCUT2D eigenvalue weighted by atomic mass is 16.5. The van der Waals surface area contributed by atoms with Gasteiger partial charge in [-0.2, -0.15) is 0 Å². The molecule has 0 unspecified atom stereocenters. The summed E-state index contributed by atoms with van der Waals surface area (Å²) in [6.45, 7) is 3.48. The number of hydrogen-bond acceptors (Lipinski definition) is 4. The maximum atomic E-state index is 12.7. The van der Waals surface area contributed by atoms with E-state index in [1.165, 1.54) is 0 Å². The lowest BCUT2D eigenvalue weighted by Crippen LogP contribution is -2.21. The summed E-state index contributed by atoms with van der Waals surface area (Å²) < 4.78 is 5.28. The van der Waals surface area contributed by atoms with E-state index in [4.69, 9.17) is 4.74 Å². The van der Waals surface area contributed by atoms with Gasteiger partial charge in [0.1, 0.15) is 5.82 Å². The molecule has 4 rings (SSSR count). The van der Waals surface area contributed by atoms with Gasteiger partial charge in [-0.15, -0.1) is 0 Å². The Morgan fingerprint density at radius 1 is 1.00 bits per heavy atom. The smallest absolute Gasteiger partial charge is 0.339 e. The van der Waals surface area contributed by atoms with Crippen LogP contribution in [-0.2, 0) is 9.53 Å². The molecule has 0 aliphatic rings. The molecule has 0 spiro atoms. The Kier molecular flexibility index (Phi) is 5.30. The van der Waals surface area contributed by atoms with E-state index in [1.54, 1.807) is 18.2 Å². The molecule has 0 atom stereocenters. The number of hydrogen-bond donors (Lipinski definition) is 2. The van der Waals surface area contributed by atoms with Gasteiger partial charge in [0, 0.05) is 11.3 Å². The minimum atomic E-state index is -0.581. The van der Waals surface area contributed by atoms with E-state index in [2.05, 4.69) is 15.3 Å². The van der Waals surface area contributed by atoms with Gasteiger partial charge < -0.3 is 15.0 Å². The number of rotatable bonds is 5. The molecule has 6 heteroatoms. The fourth-order valence-electron chi connectivity index (χ4n) is 3.21. The van der Waals surface area contributed by atoms with Crippen molar-refractivity contribution in [2.45, 2.75) is 13.8 Å². The van der Waals surface area contributed by atoms with Gasteiger partial charge in [-0.1, -0.05) is 42.5 Å². The molecule has 150 valence electrons. The van der Waals surface area contributed by atoms with Crippen LogP contribution in [0.3, 0.4) is 0 Å². The molecule has 3 aromatic carbocycles. The SMILES string of the molecule is Cc1ccc(C)c(NC(=O)COC(=O)c2ccccc2-c2nc3ccccc3[nH]2)c1. The van der Waals surface area contributed by atoms with E-state index in [-0.39, 0.29) is 6.61 Å². The monoisotopic (exact) mass is 399 g/mol. The number of nitrogens with zero attached hydrogens (tertiary/aromatic N) is 1. The maximum absolute atomic E-state index is 12.7. The van der Waals surface area contributed by atoms with Crippen molar-refractivity contribution in [2.24, 2.45) is 0 Å². The Bertz CT molecular complexity index is 1210. The van der Waals surface area contributed by atoms with Crippen molar-refractivity contribution in [3.05, 3.63) is 83.4 Å². The highest BCUT2D eigenvalue weighted by Gasteiger charge is 2.17. The van der Waals surface area contributed by atoms with Crippen molar-refractivity contribution in [3.63, 3.8) is 0 Å².